The number of hydrogen-bond donors (Lipinski definition) is 3. The maximum Gasteiger partial charge on any atom is 0.407 e. The number of carbonyl (C=O) groups excluding carboxylic acids is 1. The van der Waals surface area contributed by atoms with E-state index in [1.165, 1.54) is 0 Å². The van der Waals surface area contributed by atoms with Crippen molar-refractivity contribution in [3.8, 4) is 0 Å². The van der Waals surface area contributed by atoms with E-state index in [0.29, 0.717) is 12.6 Å². The minimum absolute atomic E-state index is 0. The Morgan fingerprint density at radius 3 is 2.26 bits per heavy atom. The molecule has 0 radical (unpaired) electrons. The SMILES string of the molecule is CN=C(NCC(NC(=O)OC(C)(C)C)C(C)C)NC1CCN(CCOC(C)C)CC1.I. The van der Waals surface area contributed by atoms with Gasteiger partial charge in [-0.05, 0) is 53.4 Å². The molecule has 8 nitrogen and oxygen atoms in total. The summed E-state index contributed by atoms with van der Waals surface area (Å²) in [5.74, 6) is 1.03. The monoisotopic (exact) mass is 555 g/mol. The maximum absolute atomic E-state index is 12.1. The first-order valence-corrected chi connectivity index (χ1v) is 11.3. The van der Waals surface area contributed by atoms with Crippen molar-refractivity contribution in [2.24, 2.45) is 10.9 Å². The third-order valence-electron chi connectivity index (χ3n) is 5.01. The lowest BCUT2D eigenvalue weighted by Crippen LogP contribution is -2.53. The lowest BCUT2D eigenvalue weighted by molar-refractivity contribution is 0.0491. The van der Waals surface area contributed by atoms with E-state index in [-0.39, 0.29) is 48.1 Å². The lowest BCUT2D eigenvalue weighted by Gasteiger charge is -2.33. The molecule has 0 aromatic heterocycles. The molecule has 1 heterocycles. The summed E-state index contributed by atoms with van der Waals surface area (Å²) >= 11 is 0. The number of likely N-dealkylation sites (tertiary alicyclic amines) is 1. The first-order chi connectivity index (χ1) is 14.0. The molecule has 0 spiro atoms. The van der Waals surface area contributed by atoms with Crippen LogP contribution in [0.15, 0.2) is 4.99 Å². The lowest BCUT2D eigenvalue weighted by atomic mass is 10.0. The zero-order chi connectivity index (χ0) is 22.7. The van der Waals surface area contributed by atoms with Crippen LogP contribution in [0.1, 0.15) is 61.3 Å². The second kappa shape index (κ2) is 15.1. The Labute approximate surface area is 206 Å². The van der Waals surface area contributed by atoms with Gasteiger partial charge in [-0.25, -0.2) is 4.79 Å². The summed E-state index contributed by atoms with van der Waals surface area (Å²) in [7, 11) is 1.78. The normalized spacial score (nSPS) is 17.3. The molecule has 1 amide bonds. The first-order valence-electron chi connectivity index (χ1n) is 11.3. The van der Waals surface area contributed by atoms with Gasteiger partial charge in [-0.15, -0.1) is 24.0 Å². The molecule has 0 aromatic carbocycles. The Balaban J connectivity index is 0.00000900. The van der Waals surface area contributed by atoms with Crippen LogP contribution < -0.4 is 16.0 Å². The molecule has 184 valence electrons. The molecule has 0 aliphatic carbocycles. The van der Waals surface area contributed by atoms with Crippen LogP contribution in [0.2, 0.25) is 0 Å². The molecule has 31 heavy (non-hydrogen) atoms. The van der Waals surface area contributed by atoms with E-state index < -0.39 is 5.60 Å². The summed E-state index contributed by atoms with van der Waals surface area (Å²) in [6, 6.07) is 0.344. The number of guanidine groups is 1. The fourth-order valence-corrected chi connectivity index (χ4v) is 3.23. The van der Waals surface area contributed by atoms with Crippen molar-refractivity contribution in [2.45, 2.75) is 85.1 Å². The van der Waals surface area contributed by atoms with Gasteiger partial charge in [-0.3, -0.25) is 4.99 Å². The van der Waals surface area contributed by atoms with Gasteiger partial charge < -0.3 is 30.3 Å². The van der Waals surface area contributed by atoms with E-state index in [4.69, 9.17) is 9.47 Å². The molecule has 3 N–H and O–H groups in total. The molecule has 1 fully saturated rings. The number of rotatable bonds is 9. The number of nitrogens with zero attached hydrogens (tertiary/aromatic N) is 2. The average Bonchev–Trinajstić information content (AvgIpc) is 2.63. The highest BCUT2D eigenvalue weighted by Gasteiger charge is 2.23. The third kappa shape index (κ3) is 14.1. The van der Waals surface area contributed by atoms with Crippen LogP contribution in [0.4, 0.5) is 4.79 Å². The predicted octanol–water partition coefficient (Wildman–Crippen LogP) is 3.21. The van der Waals surface area contributed by atoms with Crippen molar-refractivity contribution in [1.29, 1.82) is 0 Å². The Morgan fingerprint density at radius 2 is 1.77 bits per heavy atom. The summed E-state index contributed by atoms with van der Waals surface area (Å²) in [6.45, 7) is 18.4. The van der Waals surface area contributed by atoms with E-state index >= 15 is 0 Å². The highest BCUT2D eigenvalue weighted by Crippen LogP contribution is 2.11. The Kier molecular flexibility index (Phi) is 14.7. The fraction of sp³-hybridized carbons (Fsp3) is 0.909. The van der Waals surface area contributed by atoms with Crippen molar-refractivity contribution in [3.63, 3.8) is 0 Å². The Morgan fingerprint density at radius 1 is 1.16 bits per heavy atom. The van der Waals surface area contributed by atoms with Gasteiger partial charge >= 0.3 is 6.09 Å². The van der Waals surface area contributed by atoms with Gasteiger partial charge in [0.15, 0.2) is 5.96 Å². The van der Waals surface area contributed by atoms with Crippen LogP contribution in [-0.4, -0.2) is 80.6 Å². The minimum Gasteiger partial charge on any atom is -0.444 e. The van der Waals surface area contributed by atoms with E-state index in [1.807, 2.05) is 20.8 Å². The number of halogens is 1. The molecule has 1 saturated heterocycles. The molecular formula is C22H46IN5O3. The van der Waals surface area contributed by atoms with Gasteiger partial charge in [-0.1, -0.05) is 13.8 Å². The first kappa shape index (κ1) is 30.2. The van der Waals surface area contributed by atoms with Crippen LogP contribution in [0.3, 0.4) is 0 Å². The maximum atomic E-state index is 12.1. The highest BCUT2D eigenvalue weighted by molar-refractivity contribution is 14.0. The quantitative estimate of drug-likeness (QED) is 0.230. The summed E-state index contributed by atoms with van der Waals surface area (Å²) in [4.78, 5) is 18.9. The largest absolute Gasteiger partial charge is 0.444 e. The molecule has 0 aromatic rings. The van der Waals surface area contributed by atoms with Crippen molar-refractivity contribution in [2.75, 3.05) is 39.8 Å². The van der Waals surface area contributed by atoms with Crippen LogP contribution >= 0.6 is 24.0 Å². The molecular weight excluding hydrogens is 509 g/mol. The van der Waals surface area contributed by atoms with Crippen molar-refractivity contribution in [1.82, 2.24) is 20.9 Å². The molecule has 1 aliphatic heterocycles. The zero-order valence-electron chi connectivity index (χ0n) is 20.8. The summed E-state index contributed by atoms with van der Waals surface area (Å²) in [5, 5.41) is 9.85. The average molecular weight is 556 g/mol. The molecule has 0 bridgehead atoms. The molecule has 9 heteroatoms. The van der Waals surface area contributed by atoms with Crippen LogP contribution in [-0.2, 0) is 9.47 Å². The number of hydrogen-bond acceptors (Lipinski definition) is 5. The number of amides is 1. The molecule has 1 rings (SSSR count). The van der Waals surface area contributed by atoms with Crippen molar-refractivity contribution >= 4 is 36.0 Å². The molecule has 1 atom stereocenters. The van der Waals surface area contributed by atoms with Crippen LogP contribution in [0.5, 0.6) is 0 Å². The Hall–Kier alpha value is -0.810. The van der Waals surface area contributed by atoms with Crippen LogP contribution in [0, 0.1) is 5.92 Å². The number of carbonyl (C=O) groups is 1. The topological polar surface area (TPSA) is 87.2 Å². The number of ether oxygens (including phenoxy) is 2. The second-order valence-electron chi connectivity index (χ2n) is 9.63. The summed E-state index contributed by atoms with van der Waals surface area (Å²) in [6.07, 6.45) is 2.05. The predicted molar refractivity (Wildman–Crippen MR) is 138 cm³/mol. The van der Waals surface area contributed by atoms with Gasteiger partial charge in [-0.2, -0.15) is 0 Å². The zero-order valence-corrected chi connectivity index (χ0v) is 23.1. The highest BCUT2D eigenvalue weighted by atomic mass is 127. The van der Waals surface area contributed by atoms with Gasteiger partial charge in [0.25, 0.3) is 0 Å². The van der Waals surface area contributed by atoms with Gasteiger partial charge in [0, 0.05) is 39.3 Å². The van der Waals surface area contributed by atoms with Crippen molar-refractivity contribution in [3.05, 3.63) is 0 Å². The van der Waals surface area contributed by atoms with Crippen LogP contribution in [0.25, 0.3) is 0 Å². The number of alkyl carbamates (subject to hydrolysis) is 1. The van der Waals surface area contributed by atoms with Gasteiger partial charge in [0.2, 0.25) is 0 Å². The number of piperidine rings is 1. The second-order valence-corrected chi connectivity index (χ2v) is 9.63. The fourth-order valence-electron chi connectivity index (χ4n) is 3.23. The summed E-state index contributed by atoms with van der Waals surface area (Å²) in [5.41, 5.74) is -0.508. The molecule has 0 saturated carbocycles. The number of nitrogens with one attached hydrogen (secondary N) is 3. The summed E-state index contributed by atoms with van der Waals surface area (Å²) < 4.78 is 11.0. The third-order valence-corrected chi connectivity index (χ3v) is 5.01. The molecule has 1 aliphatic rings. The standard InChI is InChI=1S/C22H45N5O3.HI/c1-16(2)19(26-21(28)30-22(5,6)7)15-24-20(23-8)25-18-9-11-27(12-10-18)13-14-29-17(3)4;/h16-19H,9-15H2,1-8H3,(H,26,28)(H2,23,24,25);1H. The minimum atomic E-state index is -0.508. The Bertz CT molecular complexity index is 530. The number of aliphatic imine (C=N–C) groups is 1. The van der Waals surface area contributed by atoms with E-state index in [1.54, 1.807) is 7.05 Å². The van der Waals surface area contributed by atoms with E-state index in [0.717, 1.165) is 45.0 Å². The van der Waals surface area contributed by atoms with E-state index in [2.05, 4.69) is 53.5 Å². The van der Waals surface area contributed by atoms with Gasteiger partial charge in [0.05, 0.1) is 18.8 Å². The smallest absolute Gasteiger partial charge is 0.407 e. The van der Waals surface area contributed by atoms with E-state index in [9.17, 15) is 4.79 Å². The van der Waals surface area contributed by atoms with Crippen molar-refractivity contribution < 1.29 is 14.3 Å². The molecule has 1 unspecified atom stereocenters. The van der Waals surface area contributed by atoms with Gasteiger partial charge in [0.1, 0.15) is 5.60 Å².